The maximum absolute atomic E-state index is 14.4. The van der Waals surface area contributed by atoms with E-state index in [-0.39, 0.29) is 28.9 Å². The van der Waals surface area contributed by atoms with Gasteiger partial charge in [0.25, 0.3) is 8.32 Å². The Morgan fingerprint density at radius 2 is 1.20 bits per heavy atom. The highest BCUT2D eigenvalue weighted by atomic mass is 28.4. The minimum Gasteiger partial charge on any atom is -0.497 e. The van der Waals surface area contributed by atoms with Gasteiger partial charge >= 0.3 is 0 Å². The van der Waals surface area contributed by atoms with Gasteiger partial charge in [-0.05, 0) is 110 Å². The van der Waals surface area contributed by atoms with Crippen molar-refractivity contribution in [2.75, 3.05) is 20.3 Å². The summed E-state index contributed by atoms with van der Waals surface area (Å²) in [4.78, 5) is 14.4. The second-order valence-electron chi connectivity index (χ2n) is 19.4. The van der Waals surface area contributed by atoms with Gasteiger partial charge in [0.05, 0.1) is 45.7 Å². The second kappa shape index (κ2) is 23.3. The zero-order valence-corrected chi connectivity index (χ0v) is 42.2. The summed E-state index contributed by atoms with van der Waals surface area (Å²) >= 11 is 0. The first-order valence-electron chi connectivity index (χ1n) is 22.0. The van der Waals surface area contributed by atoms with Gasteiger partial charge in [0.1, 0.15) is 11.9 Å². The second-order valence-corrected chi connectivity index (χ2v) is 32.6. The van der Waals surface area contributed by atoms with E-state index < -0.39 is 31.1 Å². The third kappa shape index (κ3) is 16.3. The lowest BCUT2D eigenvalue weighted by Gasteiger charge is -2.44. The van der Waals surface area contributed by atoms with Gasteiger partial charge in [-0.15, -0.1) is 0 Å². The minimum absolute atomic E-state index is 0.0387. The van der Waals surface area contributed by atoms with Crippen LogP contribution in [0.25, 0.3) is 0 Å². The molecule has 0 aromatic heterocycles. The summed E-state index contributed by atoms with van der Waals surface area (Å²) in [6, 6.07) is 39.5. The van der Waals surface area contributed by atoms with Crippen LogP contribution >= 0.6 is 0 Å². The first kappa shape index (κ1) is 50.2. The smallest absolute Gasteiger partial charge is 0.261 e. The summed E-state index contributed by atoms with van der Waals surface area (Å²) < 4.78 is 39.1. The van der Waals surface area contributed by atoms with Gasteiger partial charge in [-0.25, -0.2) is 0 Å². The molecule has 61 heavy (non-hydrogen) atoms. The SMILES string of the molecule is COc1ccc(COC[C@@H](C)[C@H](C/C(C)=C\C(=O)[C@@H](CC[C@@H](CO[Si](c2ccccc2)(c2ccccc2)C(C)(C)C)O[Si](C)(C)C)OCc2ccccc2)O[Si](C)(C)C)cc1. The fourth-order valence-corrected chi connectivity index (χ4v) is 14.8. The summed E-state index contributed by atoms with van der Waals surface area (Å²) in [6.07, 6.45) is 2.56. The molecule has 0 radical (unpaired) electrons. The van der Waals surface area contributed by atoms with Crippen LogP contribution in [0.15, 0.2) is 127 Å². The predicted octanol–water partition coefficient (Wildman–Crippen LogP) is 11.1. The number of carbonyl (C=O) groups excluding carboxylic acids is 1. The minimum atomic E-state index is -2.81. The molecule has 0 heterocycles. The van der Waals surface area contributed by atoms with Gasteiger partial charge in [0.15, 0.2) is 22.4 Å². The molecule has 0 spiro atoms. The Labute approximate surface area is 371 Å². The summed E-state index contributed by atoms with van der Waals surface area (Å²) in [5.74, 6) is 0.900. The number of rotatable bonds is 25. The topological polar surface area (TPSA) is 72.5 Å². The van der Waals surface area contributed by atoms with Crippen LogP contribution in [-0.2, 0) is 40.8 Å². The molecular formula is C51H74O7Si3. The number of ether oxygens (including phenoxy) is 3. The van der Waals surface area contributed by atoms with Crippen molar-refractivity contribution in [3.05, 3.63) is 138 Å². The molecule has 0 N–H and O–H groups in total. The molecule has 4 rings (SSSR count). The normalized spacial score (nSPS) is 14.9. The molecule has 0 aliphatic rings. The molecule has 7 nitrogen and oxygen atoms in total. The third-order valence-electron chi connectivity index (χ3n) is 10.6. The summed E-state index contributed by atoms with van der Waals surface area (Å²) in [5.41, 5.74) is 3.08. The first-order valence-corrected chi connectivity index (χ1v) is 30.7. The van der Waals surface area contributed by atoms with Crippen molar-refractivity contribution >= 4 is 41.1 Å². The average Bonchev–Trinajstić information content (AvgIpc) is 3.20. The van der Waals surface area contributed by atoms with Crippen molar-refractivity contribution in [2.45, 2.75) is 130 Å². The van der Waals surface area contributed by atoms with Crippen molar-refractivity contribution < 1.29 is 32.3 Å². The maximum Gasteiger partial charge on any atom is 0.261 e. The van der Waals surface area contributed by atoms with E-state index in [1.807, 2.05) is 61.5 Å². The number of hydrogen-bond donors (Lipinski definition) is 0. The Balaban J connectivity index is 1.55. The van der Waals surface area contributed by atoms with Crippen LogP contribution in [0.2, 0.25) is 44.3 Å². The van der Waals surface area contributed by atoms with Crippen molar-refractivity contribution in [1.82, 2.24) is 0 Å². The van der Waals surface area contributed by atoms with Crippen molar-refractivity contribution in [1.29, 1.82) is 0 Å². The molecule has 0 unspecified atom stereocenters. The Hall–Kier alpha value is -3.46. The highest BCUT2D eigenvalue weighted by Crippen LogP contribution is 2.37. The van der Waals surface area contributed by atoms with Crippen LogP contribution in [0, 0.1) is 5.92 Å². The van der Waals surface area contributed by atoms with Gasteiger partial charge in [-0.1, -0.05) is 136 Å². The van der Waals surface area contributed by atoms with Crippen LogP contribution in [0.1, 0.15) is 65.0 Å². The molecule has 4 atom stereocenters. The first-order chi connectivity index (χ1) is 28.8. The third-order valence-corrected chi connectivity index (χ3v) is 17.7. The zero-order chi connectivity index (χ0) is 44.7. The van der Waals surface area contributed by atoms with E-state index in [9.17, 15) is 4.79 Å². The monoisotopic (exact) mass is 882 g/mol. The van der Waals surface area contributed by atoms with Gasteiger partial charge in [-0.2, -0.15) is 0 Å². The number of methoxy groups -OCH3 is 1. The van der Waals surface area contributed by atoms with E-state index in [1.54, 1.807) is 13.2 Å². The number of benzene rings is 4. The number of ketones is 1. The van der Waals surface area contributed by atoms with Gasteiger partial charge in [-0.3, -0.25) is 4.79 Å². The molecule has 0 bridgehead atoms. The molecular weight excluding hydrogens is 809 g/mol. The van der Waals surface area contributed by atoms with Crippen LogP contribution in [0.3, 0.4) is 0 Å². The van der Waals surface area contributed by atoms with E-state index in [4.69, 9.17) is 27.5 Å². The highest BCUT2D eigenvalue weighted by Gasteiger charge is 2.50. The lowest BCUT2D eigenvalue weighted by molar-refractivity contribution is -0.127. The molecule has 0 aliphatic carbocycles. The largest absolute Gasteiger partial charge is 0.497 e. The maximum atomic E-state index is 14.4. The van der Waals surface area contributed by atoms with Gasteiger partial charge < -0.3 is 27.5 Å². The molecule has 4 aromatic rings. The van der Waals surface area contributed by atoms with Crippen molar-refractivity contribution in [3.8, 4) is 5.75 Å². The van der Waals surface area contributed by atoms with Gasteiger partial charge in [0, 0.05) is 5.92 Å². The van der Waals surface area contributed by atoms with E-state index in [0.717, 1.165) is 22.4 Å². The molecule has 332 valence electrons. The molecule has 4 aromatic carbocycles. The van der Waals surface area contributed by atoms with E-state index in [0.29, 0.717) is 45.7 Å². The molecule has 0 amide bonds. The lowest BCUT2D eigenvalue weighted by atomic mass is 9.97. The van der Waals surface area contributed by atoms with Crippen molar-refractivity contribution in [3.63, 3.8) is 0 Å². The van der Waals surface area contributed by atoms with Crippen LogP contribution in [0.5, 0.6) is 5.75 Å². The van der Waals surface area contributed by atoms with E-state index >= 15 is 0 Å². The fraction of sp³-hybridized carbons (Fsp3) is 0.471. The Kier molecular flexibility index (Phi) is 19.2. The standard InChI is InChI=1S/C51H74O7Si3/c1-40(35-50(58-60(10,11)12)41(2)36-54-37-43-28-30-44(53-6)31-29-43)34-48(52)49(55-38-42-22-16-13-17-23-42)33-32-45(57-59(7,8)9)39-56-61(51(3,4)5,46-24-18-14-19-25-46)47-26-20-15-21-27-47/h13-31,34,41,45,49-50H,32-33,35-39H2,1-12H3/b40-34-/t41-,45+,49-,50+/m1/s1. The molecule has 10 heteroatoms. The Morgan fingerprint density at radius 1 is 0.672 bits per heavy atom. The van der Waals surface area contributed by atoms with Crippen LogP contribution in [0.4, 0.5) is 0 Å². The lowest BCUT2D eigenvalue weighted by Crippen LogP contribution is -2.67. The van der Waals surface area contributed by atoms with Crippen molar-refractivity contribution in [2.24, 2.45) is 5.92 Å². The average molecular weight is 883 g/mol. The molecule has 0 saturated carbocycles. The van der Waals surface area contributed by atoms with Crippen LogP contribution < -0.4 is 15.1 Å². The van der Waals surface area contributed by atoms with E-state index in [1.165, 1.54) is 10.4 Å². The molecule has 0 fully saturated rings. The molecule has 0 saturated heterocycles. The van der Waals surface area contributed by atoms with E-state index in [2.05, 4.69) is 128 Å². The summed E-state index contributed by atoms with van der Waals surface area (Å²) in [5, 5.41) is 2.29. The van der Waals surface area contributed by atoms with Gasteiger partial charge in [0.2, 0.25) is 0 Å². The number of hydrogen-bond acceptors (Lipinski definition) is 7. The summed E-state index contributed by atoms with van der Waals surface area (Å²) in [6.45, 7) is 26.2. The Bertz CT molecular complexity index is 1860. The zero-order valence-electron chi connectivity index (χ0n) is 39.2. The van der Waals surface area contributed by atoms with Crippen LogP contribution in [-0.4, -0.2) is 69.4 Å². The highest BCUT2D eigenvalue weighted by molar-refractivity contribution is 6.99. The predicted molar refractivity (Wildman–Crippen MR) is 259 cm³/mol. The molecule has 0 aliphatic heterocycles. The summed E-state index contributed by atoms with van der Waals surface area (Å²) in [7, 11) is -5.10. The Morgan fingerprint density at radius 3 is 1.70 bits per heavy atom. The number of carbonyl (C=O) groups is 1. The fourth-order valence-electron chi connectivity index (χ4n) is 7.79. The quantitative estimate of drug-likeness (QED) is 0.0485.